The summed E-state index contributed by atoms with van der Waals surface area (Å²) in [4.78, 5) is 24.9. The maximum Gasteiger partial charge on any atom is 0.348 e. The van der Waals surface area contributed by atoms with Crippen LogP contribution >= 0.6 is 11.3 Å². The number of rotatable bonds is 6. The van der Waals surface area contributed by atoms with Gasteiger partial charge in [-0.1, -0.05) is 0 Å². The lowest BCUT2D eigenvalue weighted by atomic mass is 10.1. The minimum Gasteiger partial charge on any atom is -0.462 e. The van der Waals surface area contributed by atoms with Gasteiger partial charge in [0.25, 0.3) is 0 Å². The van der Waals surface area contributed by atoms with Gasteiger partial charge in [-0.25, -0.2) is 9.59 Å². The summed E-state index contributed by atoms with van der Waals surface area (Å²) in [6.07, 6.45) is 0. The van der Waals surface area contributed by atoms with Gasteiger partial charge in [0.1, 0.15) is 22.6 Å². The number of nitrogens with zero attached hydrogens (tertiary/aromatic N) is 2. The van der Waals surface area contributed by atoms with E-state index in [1.807, 2.05) is 38.3 Å². The van der Waals surface area contributed by atoms with E-state index < -0.39 is 11.9 Å². The molecule has 0 amide bonds. The second-order valence-corrected chi connectivity index (χ2v) is 7.36. The Bertz CT molecular complexity index is 919. The largest absolute Gasteiger partial charge is 0.462 e. The summed E-state index contributed by atoms with van der Waals surface area (Å²) in [7, 11) is 0. The van der Waals surface area contributed by atoms with Gasteiger partial charge in [-0.05, 0) is 40.7 Å². The van der Waals surface area contributed by atoms with Crippen molar-refractivity contribution in [3.63, 3.8) is 0 Å². The van der Waals surface area contributed by atoms with Crippen LogP contribution in [0.2, 0.25) is 0 Å². The molecule has 2 aromatic heterocycles. The molecule has 0 saturated heterocycles. The number of nitriles is 1. The summed E-state index contributed by atoms with van der Waals surface area (Å²) in [5, 5.41) is 9.53. The molecular formula is C19H23N3O4S. The number of nitrogen functional groups attached to an aromatic ring is 1. The molecule has 2 N–H and O–H groups in total. The number of anilines is 1. The third-order valence-electron chi connectivity index (χ3n) is 4.18. The van der Waals surface area contributed by atoms with Gasteiger partial charge in [0.2, 0.25) is 0 Å². The van der Waals surface area contributed by atoms with E-state index in [1.54, 1.807) is 13.0 Å². The maximum atomic E-state index is 12.6. The fourth-order valence-electron chi connectivity index (χ4n) is 3.10. The summed E-state index contributed by atoms with van der Waals surface area (Å²) < 4.78 is 12.5. The molecule has 27 heavy (non-hydrogen) atoms. The average molecular weight is 389 g/mol. The number of nitrogens with two attached hydrogens (primary N) is 1. The number of esters is 2. The number of aryl methyl sites for hydroxylation is 1. The SMILES string of the molecule is CCOC(=O)c1sc(N)c(C#N)c1COC(=O)c1cc(C)n(C(C)C)c1C. The van der Waals surface area contributed by atoms with Crippen LogP contribution in [0.15, 0.2) is 6.07 Å². The topological polar surface area (TPSA) is 107 Å². The number of carbonyl (C=O) groups is 2. The summed E-state index contributed by atoms with van der Waals surface area (Å²) in [6, 6.07) is 3.95. The molecule has 0 aromatic carbocycles. The monoisotopic (exact) mass is 389 g/mol. The van der Waals surface area contributed by atoms with Crippen molar-refractivity contribution >= 4 is 28.3 Å². The zero-order valence-electron chi connectivity index (χ0n) is 16.1. The predicted molar refractivity (Wildman–Crippen MR) is 103 cm³/mol. The van der Waals surface area contributed by atoms with E-state index >= 15 is 0 Å². The van der Waals surface area contributed by atoms with E-state index in [4.69, 9.17) is 15.2 Å². The summed E-state index contributed by atoms with van der Waals surface area (Å²) >= 11 is 0.960. The van der Waals surface area contributed by atoms with E-state index in [2.05, 4.69) is 0 Å². The number of thiophene rings is 1. The van der Waals surface area contributed by atoms with Crippen LogP contribution < -0.4 is 5.73 Å². The van der Waals surface area contributed by atoms with Crippen molar-refractivity contribution in [1.82, 2.24) is 4.57 Å². The third-order valence-corrected chi connectivity index (χ3v) is 5.22. The fourth-order valence-corrected chi connectivity index (χ4v) is 4.02. The first-order valence-corrected chi connectivity index (χ1v) is 9.38. The van der Waals surface area contributed by atoms with Gasteiger partial charge in [0.15, 0.2) is 0 Å². The first kappa shape index (κ1) is 20.5. The molecule has 144 valence electrons. The smallest absolute Gasteiger partial charge is 0.348 e. The third kappa shape index (κ3) is 3.98. The molecule has 2 heterocycles. The Kier molecular flexibility index (Phi) is 6.28. The Morgan fingerprint density at radius 3 is 2.48 bits per heavy atom. The number of hydrogen-bond donors (Lipinski definition) is 1. The van der Waals surface area contributed by atoms with Crippen LogP contribution in [-0.2, 0) is 16.1 Å². The van der Waals surface area contributed by atoms with Gasteiger partial charge in [-0.3, -0.25) is 0 Å². The van der Waals surface area contributed by atoms with Crippen LogP contribution in [0.25, 0.3) is 0 Å². The van der Waals surface area contributed by atoms with E-state index in [-0.39, 0.29) is 40.3 Å². The molecule has 7 nitrogen and oxygen atoms in total. The van der Waals surface area contributed by atoms with Gasteiger partial charge in [-0.2, -0.15) is 5.26 Å². The van der Waals surface area contributed by atoms with Gasteiger partial charge in [0.05, 0.1) is 17.7 Å². The minimum atomic E-state index is -0.584. The molecule has 0 aliphatic heterocycles. The van der Waals surface area contributed by atoms with E-state index in [9.17, 15) is 14.9 Å². The Morgan fingerprint density at radius 2 is 1.96 bits per heavy atom. The van der Waals surface area contributed by atoms with Crippen LogP contribution in [0.3, 0.4) is 0 Å². The lowest BCUT2D eigenvalue weighted by Crippen LogP contribution is -2.11. The standard InChI is InChI=1S/C19H23N3O4S/c1-6-25-19(24)16-15(14(8-20)17(21)27-16)9-26-18(23)13-7-11(4)22(10(2)3)12(13)5/h7,10H,6,9,21H2,1-5H3. The Balaban J connectivity index is 2.29. The first-order valence-electron chi connectivity index (χ1n) is 8.56. The average Bonchev–Trinajstić information content (AvgIpc) is 3.08. The highest BCUT2D eigenvalue weighted by atomic mass is 32.1. The second-order valence-electron chi connectivity index (χ2n) is 6.31. The van der Waals surface area contributed by atoms with Crippen molar-refractivity contribution in [1.29, 1.82) is 5.26 Å². The number of aromatic nitrogens is 1. The van der Waals surface area contributed by atoms with Crippen LogP contribution in [0.4, 0.5) is 5.00 Å². The van der Waals surface area contributed by atoms with Crippen molar-refractivity contribution in [3.8, 4) is 6.07 Å². The summed E-state index contributed by atoms with van der Waals surface area (Å²) in [6.45, 7) is 9.51. The normalized spacial score (nSPS) is 10.7. The van der Waals surface area contributed by atoms with Crippen molar-refractivity contribution in [2.45, 2.75) is 47.3 Å². The van der Waals surface area contributed by atoms with Gasteiger partial charge in [-0.15, -0.1) is 11.3 Å². The molecule has 0 spiro atoms. The van der Waals surface area contributed by atoms with Crippen molar-refractivity contribution in [3.05, 3.63) is 39.0 Å². The zero-order valence-corrected chi connectivity index (χ0v) is 16.9. The molecule has 2 rings (SSSR count). The van der Waals surface area contributed by atoms with Crippen LogP contribution in [0, 0.1) is 25.2 Å². The van der Waals surface area contributed by atoms with Gasteiger partial charge >= 0.3 is 11.9 Å². The maximum absolute atomic E-state index is 12.6. The predicted octanol–water partition coefficient (Wildman–Crippen LogP) is 3.73. The molecule has 0 unspecified atom stereocenters. The summed E-state index contributed by atoms with van der Waals surface area (Å²) in [5.74, 6) is -1.10. The minimum absolute atomic E-state index is 0.142. The van der Waals surface area contributed by atoms with E-state index in [1.165, 1.54) is 0 Å². The highest BCUT2D eigenvalue weighted by Gasteiger charge is 2.25. The molecule has 0 aliphatic rings. The molecular weight excluding hydrogens is 366 g/mol. The van der Waals surface area contributed by atoms with Crippen molar-refractivity contribution in [2.24, 2.45) is 0 Å². The zero-order chi connectivity index (χ0) is 20.3. The van der Waals surface area contributed by atoms with Gasteiger partial charge < -0.3 is 19.8 Å². The first-order chi connectivity index (χ1) is 12.7. The van der Waals surface area contributed by atoms with Crippen LogP contribution in [0.1, 0.15) is 69.4 Å². The Hall–Kier alpha value is -2.79. The van der Waals surface area contributed by atoms with Gasteiger partial charge in [0, 0.05) is 23.0 Å². The quantitative estimate of drug-likeness (QED) is 0.754. The number of hydrogen-bond acceptors (Lipinski definition) is 7. The fraction of sp³-hybridized carbons (Fsp3) is 0.421. The number of carbonyl (C=O) groups excluding carboxylic acids is 2. The van der Waals surface area contributed by atoms with E-state index in [0.29, 0.717) is 5.56 Å². The molecule has 0 radical (unpaired) electrons. The molecule has 0 aliphatic carbocycles. The highest BCUT2D eigenvalue weighted by molar-refractivity contribution is 7.18. The summed E-state index contributed by atoms with van der Waals surface area (Å²) in [5.41, 5.74) is 8.48. The molecule has 0 bridgehead atoms. The molecule has 0 saturated carbocycles. The Labute approximate surface area is 162 Å². The highest BCUT2D eigenvalue weighted by Crippen LogP contribution is 2.32. The van der Waals surface area contributed by atoms with Crippen LogP contribution in [0.5, 0.6) is 0 Å². The molecule has 2 aromatic rings. The lowest BCUT2D eigenvalue weighted by molar-refractivity contribution is 0.0452. The van der Waals surface area contributed by atoms with Crippen molar-refractivity contribution in [2.75, 3.05) is 12.3 Å². The Morgan fingerprint density at radius 1 is 1.30 bits per heavy atom. The number of ether oxygens (including phenoxy) is 2. The van der Waals surface area contributed by atoms with Crippen molar-refractivity contribution < 1.29 is 19.1 Å². The molecule has 8 heteroatoms. The second kappa shape index (κ2) is 8.27. The molecule has 0 atom stereocenters. The van der Waals surface area contributed by atoms with E-state index in [0.717, 1.165) is 22.7 Å². The van der Waals surface area contributed by atoms with Crippen LogP contribution in [-0.4, -0.2) is 23.1 Å². The lowest BCUT2D eigenvalue weighted by Gasteiger charge is -2.13. The molecule has 0 fully saturated rings.